The van der Waals surface area contributed by atoms with Crippen molar-refractivity contribution < 1.29 is 26.8 Å². The van der Waals surface area contributed by atoms with Gasteiger partial charge in [-0.05, 0) is 17.7 Å². The first kappa shape index (κ1) is 18.6. The van der Waals surface area contributed by atoms with Crippen LogP contribution in [-0.4, -0.2) is 13.2 Å². The lowest BCUT2D eigenvalue weighted by atomic mass is 10.1. The van der Waals surface area contributed by atoms with Crippen LogP contribution in [0.25, 0.3) is 0 Å². The van der Waals surface area contributed by atoms with Crippen molar-refractivity contribution in [1.29, 1.82) is 0 Å². The summed E-state index contributed by atoms with van der Waals surface area (Å²) in [6.45, 7) is 6.60. The van der Waals surface area contributed by atoms with Gasteiger partial charge in [-0.15, -0.1) is 13.2 Å². The highest BCUT2D eigenvalue weighted by Gasteiger charge is 2.36. The Labute approximate surface area is 126 Å². The summed E-state index contributed by atoms with van der Waals surface area (Å²) in [4.78, 5) is 0. The van der Waals surface area contributed by atoms with Gasteiger partial charge in [0.25, 0.3) is 0 Å². The molecule has 0 spiro atoms. The Morgan fingerprint density at radius 1 is 1.23 bits per heavy atom. The van der Waals surface area contributed by atoms with Crippen molar-refractivity contribution in [3.05, 3.63) is 60.7 Å². The number of alkyl halides is 3. The Morgan fingerprint density at radius 2 is 1.77 bits per heavy atom. The molecule has 0 aliphatic carbocycles. The van der Waals surface area contributed by atoms with Crippen molar-refractivity contribution in [1.82, 2.24) is 0 Å². The first-order valence-electron chi connectivity index (χ1n) is 6.28. The number of halogens is 3. The fourth-order valence-corrected chi connectivity index (χ4v) is 3.14. The van der Waals surface area contributed by atoms with Crippen LogP contribution < -0.4 is 5.73 Å². The maximum Gasteiger partial charge on any atom is 0.416 e. The lowest BCUT2D eigenvalue weighted by molar-refractivity contribution is -0.137. The summed E-state index contributed by atoms with van der Waals surface area (Å²) < 4.78 is 61.0. The third-order valence-electron chi connectivity index (χ3n) is 2.64. The smallest absolute Gasteiger partial charge is 0.314 e. The van der Waals surface area contributed by atoms with Crippen molar-refractivity contribution >= 4 is 7.60 Å². The van der Waals surface area contributed by atoms with Crippen LogP contribution in [0, 0.1) is 0 Å². The van der Waals surface area contributed by atoms with Crippen LogP contribution in [0.2, 0.25) is 0 Å². The van der Waals surface area contributed by atoms with Gasteiger partial charge >= 0.3 is 13.8 Å². The van der Waals surface area contributed by atoms with Gasteiger partial charge in [0.15, 0.2) is 0 Å². The Hall–Kier alpha value is -1.40. The Kier molecular flexibility index (Phi) is 6.56. The SMILES string of the molecule is C=CCOP(=O)(OCC=C)[C@@H](N)c1cccc(C(F)(F)F)c1. The molecule has 1 rings (SSSR count). The Bertz CT molecular complexity index is 559. The highest BCUT2D eigenvalue weighted by Crippen LogP contribution is 2.58. The highest BCUT2D eigenvalue weighted by molar-refractivity contribution is 7.54. The van der Waals surface area contributed by atoms with Crippen molar-refractivity contribution in [2.45, 2.75) is 12.0 Å². The number of rotatable bonds is 8. The monoisotopic (exact) mass is 335 g/mol. The minimum atomic E-state index is -4.52. The fourth-order valence-electron chi connectivity index (χ4n) is 1.59. The zero-order valence-corrected chi connectivity index (χ0v) is 12.6. The minimum Gasteiger partial charge on any atom is -0.314 e. The molecule has 8 heteroatoms. The van der Waals surface area contributed by atoms with Crippen LogP contribution in [0.15, 0.2) is 49.6 Å². The number of hydrogen-bond acceptors (Lipinski definition) is 4. The molecule has 1 aromatic rings. The van der Waals surface area contributed by atoms with E-state index in [1.165, 1.54) is 24.3 Å². The molecule has 0 bridgehead atoms. The number of nitrogens with two attached hydrogens (primary N) is 1. The Balaban J connectivity index is 3.12. The third kappa shape index (κ3) is 4.81. The van der Waals surface area contributed by atoms with Crippen molar-refractivity contribution in [2.75, 3.05) is 13.2 Å². The average Bonchev–Trinajstić information content (AvgIpc) is 2.49. The molecule has 0 heterocycles. The molecule has 2 N–H and O–H groups in total. The van der Waals surface area contributed by atoms with Crippen LogP contribution in [0.4, 0.5) is 13.2 Å². The van der Waals surface area contributed by atoms with Gasteiger partial charge in [0, 0.05) is 0 Å². The van der Waals surface area contributed by atoms with Gasteiger partial charge < -0.3 is 14.8 Å². The largest absolute Gasteiger partial charge is 0.416 e. The predicted octanol–water partition coefficient (Wildman–Crippen LogP) is 4.26. The van der Waals surface area contributed by atoms with E-state index in [2.05, 4.69) is 13.2 Å². The first-order valence-corrected chi connectivity index (χ1v) is 7.89. The van der Waals surface area contributed by atoms with E-state index in [1.807, 2.05) is 0 Å². The van der Waals surface area contributed by atoms with E-state index in [1.54, 1.807) is 0 Å². The summed E-state index contributed by atoms with van der Waals surface area (Å²) in [5.74, 6) is -1.35. The van der Waals surface area contributed by atoms with E-state index in [4.69, 9.17) is 14.8 Å². The molecule has 4 nitrogen and oxygen atoms in total. The van der Waals surface area contributed by atoms with Gasteiger partial charge in [0.2, 0.25) is 0 Å². The van der Waals surface area contributed by atoms with Gasteiger partial charge in [0.1, 0.15) is 5.78 Å². The number of hydrogen-bond donors (Lipinski definition) is 1. The van der Waals surface area contributed by atoms with E-state index in [0.717, 1.165) is 12.1 Å². The topological polar surface area (TPSA) is 61.5 Å². The molecule has 1 atom stereocenters. The summed E-state index contributed by atoms with van der Waals surface area (Å²) in [5.41, 5.74) is 4.93. The van der Waals surface area contributed by atoms with Crippen molar-refractivity contribution in [2.24, 2.45) is 5.73 Å². The molecule has 0 saturated carbocycles. The molecule has 0 aliphatic rings. The second-order valence-corrected chi connectivity index (χ2v) is 6.43. The molecule has 0 aliphatic heterocycles. The maximum atomic E-state index is 12.7. The third-order valence-corrected chi connectivity index (χ3v) is 4.64. The summed E-state index contributed by atoms with van der Waals surface area (Å²) in [6.07, 6.45) is -1.85. The van der Waals surface area contributed by atoms with Crippen molar-refractivity contribution in [3.8, 4) is 0 Å². The lowest BCUT2D eigenvalue weighted by Gasteiger charge is -2.24. The van der Waals surface area contributed by atoms with Gasteiger partial charge in [-0.1, -0.05) is 24.3 Å². The molecule has 0 unspecified atom stereocenters. The Morgan fingerprint density at radius 3 is 2.23 bits per heavy atom. The molecule has 122 valence electrons. The van der Waals surface area contributed by atoms with E-state index < -0.39 is 25.1 Å². The lowest BCUT2D eigenvalue weighted by Crippen LogP contribution is -2.16. The van der Waals surface area contributed by atoms with Crippen LogP contribution in [-0.2, 0) is 19.8 Å². The van der Waals surface area contributed by atoms with Gasteiger partial charge in [-0.3, -0.25) is 4.57 Å². The standard InChI is InChI=1S/C14H17F3NO3P/c1-3-8-20-22(19,21-9-4-2)13(18)11-6-5-7-12(10-11)14(15,16)17/h3-7,10,13H,1-2,8-9,18H2/t13-/m1/s1. The van der Waals surface area contributed by atoms with Crippen molar-refractivity contribution in [3.63, 3.8) is 0 Å². The zero-order valence-electron chi connectivity index (χ0n) is 11.8. The summed E-state index contributed by atoms with van der Waals surface area (Å²) in [7, 11) is -3.87. The summed E-state index contributed by atoms with van der Waals surface area (Å²) >= 11 is 0. The van der Waals surface area contributed by atoms with Crippen LogP contribution in [0.3, 0.4) is 0 Å². The predicted molar refractivity (Wildman–Crippen MR) is 78.3 cm³/mol. The second kappa shape index (κ2) is 7.74. The molecule has 22 heavy (non-hydrogen) atoms. The molecule has 0 saturated heterocycles. The molecular formula is C14H17F3NO3P. The van der Waals surface area contributed by atoms with E-state index in [-0.39, 0.29) is 18.8 Å². The molecule has 0 aromatic heterocycles. The maximum absolute atomic E-state index is 12.7. The minimum absolute atomic E-state index is 0.00582. The molecule has 0 fully saturated rings. The average molecular weight is 335 g/mol. The van der Waals surface area contributed by atoms with E-state index in [9.17, 15) is 17.7 Å². The quantitative estimate of drug-likeness (QED) is 0.569. The molecule has 0 amide bonds. The first-order chi connectivity index (χ1) is 10.2. The summed E-state index contributed by atoms with van der Waals surface area (Å²) in [6, 6.07) is 4.24. The summed E-state index contributed by atoms with van der Waals surface area (Å²) in [5, 5.41) is 0. The molecular weight excluding hydrogens is 318 g/mol. The van der Waals surface area contributed by atoms with E-state index in [0.29, 0.717) is 0 Å². The normalized spacial score (nSPS) is 13.6. The molecule has 0 radical (unpaired) electrons. The van der Waals surface area contributed by atoms with Crippen LogP contribution >= 0.6 is 7.60 Å². The van der Waals surface area contributed by atoms with Gasteiger partial charge in [-0.2, -0.15) is 13.2 Å². The number of benzene rings is 1. The fraction of sp³-hybridized carbons (Fsp3) is 0.286. The zero-order chi connectivity index (χ0) is 16.8. The second-order valence-electron chi connectivity index (χ2n) is 4.28. The van der Waals surface area contributed by atoms with Crippen LogP contribution in [0.5, 0.6) is 0 Å². The van der Waals surface area contributed by atoms with Gasteiger partial charge in [-0.25, -0.2) is 0 Å². The molecule has 1 aromatic carbocycles. The highest BCUT2D eigenvalue weighted by atomic mass is 31.2. The van der Waals surface area contributed by atoms with Gasteiger partial charge in [0.05, 0.1) is 18.8 Å². The van der Waals surface area contributed by atoms with E-state index >= 15 is 0 Å². The van der Waals surface area contributed by atoms with Crippen LogP contribution in [0.1, 0.15) is 16.9 Å².